The number of anilines is 1. The molecule has 1 N–H and O–H groups in total. The number of hydrogen-bond donors (Lipinski definition) is 1. The van der Waals surface area contributed by atoms with E-state index in [1.165, 1.54) is 0 Å². The average molecular weight is 417 g/mol. The third-order valence-electron chi connectivity index (χ3n) is 5.50. The number of rotatable bonds is 10. The quantitative estimate of drug-likeness (QED) is 0.634. The number of aryl methyl sites for hydroxylation is 1. The topological polar surface area (TPSA) is 82.6 Å². The van der Waals surface area contributed by atoms with Crippen LogP contribution in [0.25, 0.3) is 0 Å². The highest BCUT2D eigenvalue weighted by atomic mass is 16.2. The lowest BCUT2D eigenvalue weighted by molar-refractivity contribution is -0.135. The summed E-state index contributed by atoms with van der Waals surface area (Å²) in [7, 11) is 0. The standard InChI is InChI=1S/C23H36N4O3/c1-4-13-26(14-5-2)21(28)7-6-8-22(29)27-15-11-19(12-16-27)23(30)25-20-10-9-18(3)17-24-20/h9-10,17,19H,4-8,11-16H2,1-3H3,(H,24,25,30). The predicted octanol–water partition coefficient (Wildman–Crippen LogP) is 3.39. The molecule has 0 bridgehead atoms. The summed E-state index contributed by atoms with van der Waals surface area (Å²) in [5.74, 6) is 0.659. The minimum atomic E-state index is -0.102. The Bertz CT molecular complexity index is 691. The van der Waals surface area contributed by atoms with E-state index in [0.29, 0.717) is 51.0 Å². The van der Waals surface area contributed by atoms with E-state index in [9.17, 15) is 14.4 Å². The van der Waals surface area contributed by atoms with Gasteiger partial charge in [0.1, 0.15) is 5.82 Å². The maximum Gasteiger partial charge on any atom is 0.228 e. The number of likely N-dealkylation sites (tertiary alicyclic amines) is 1. The highest BCUT2D eigenvalue weighted by Crippen LogP contribution is 2.20. The first-order chi connectivity index (χ1) is 14.4. The zero-order valence-electron chi connectivity index (χ0n) is 18.7. The van der Waals surface area contributed by atoms with Crippen molar-refractivity contribution in [3.63, 3.8) is 0 Å². The molecule has 7 heteroatoms. The van der Waals surface area contributed by atoms with Gasteiger partial charge in [-0.25, -0.2) is 4.98 Å². The van der Waals surface area contributed by atoms with Gasteiger partial charge in [-0.15, -0.1) is 0 Å². The molecule has 2 rings (SSSR count). The molecule has 0 atom stereocenters. The summed E-state index contributed by atoms with van der Waals surface area (Å²) in [6.45, 7) is 8.84. The predicted molar refractivity (Wildman–Crippen MR) is 118 cm³/mol. The van der Waals surface area contributed by atoms with Crippen LogP contribution in [0.5, 0.6) is 0 Å². The monoisotopic (exact) mass is 416 g/mol. The Hall–Kier alpha value is -2.44. The summed E-state index contributed by atoms with van der Waals surface area (Å²) in [4.78, 5) is 45.2. The van der Waals surface area contributed by atoms with Gasteiger partial charge in [-0.1, -0.05) is 19.9 Å². The van der Waals surface area contributed by atoms with E-state index in [2.05, 4.69) is 24.1 Å². The minimum Gasteiger partial charge on any atom is -0.343 e. The summed E-state index contributed by atoms with van der Waals surface area (Å²) < 4.78 is 0. The Balaban J connectivity index is 1.70. The Labute approximate surface area is 180 Å². The van der Waals surface area contributed by atoms with E-state index in [-0.39, 0.29) is 23.6 Å². The first-order valence-corrected chi connectivity index (χ1v) is 11.2. The summed E-state index contributed by atoms with van der Waals surface area (Å²) >= 11 is 0. The zero-order valence-corrected chi connectivity index (χ0v) is 18.7. The Morgan fingerprint density at radius 1 is 1.10 bits per heavy atom. The van der Waals surface area contributed by atoms with Crippen LogP contribution < -0.4 is 5.32 Å². The first kappa shape index (κ1) is 23.8. The van der Waals surface area contributed by atoms with Crippen LogP contribution in [0.15, 0.2) is 18.3 Å². The van der Waals surface area contributed by atoms with Crippen LogP contribution >= 0.6 is 0 Å². The summed E-state index contributed by atoms with van der Waals surface area (Å²) in [5, 5.41) is 2.87. The average Bonchev–Trinajstić information content (AvgIpc) is 2.75. The molecule has 0 saturated carbocycles. The smallest absolute Gasteiger partial charge is 0.228 e. The molecule has 1 aromatic heterocycles. The number of amides is 3. The molecule has 3 amide bonds. The second-order valence-electron chi connectivity index (χ2n) is 8.10. The fraction of sp³-hybridized carbons (Fsp3) is 0.652. The van der Waals surface area contributed by atoms with Crippen molar-refractivity contribution in [1.82, 2.24) is 14.8 Å². The summed E-state index contributed by atoms with van der Waals surface area (Å²) in [6, 6.07) is 3.72. The first-order valence-electron chi connectivity index (χ1n) is 11.2. The van der Waals surface area contributed by atoms with Gasteiger partial charge in [0, 0.05) is 51.1 Å². The minimum absolute atomic E-state index is 0.0315. The number of nitrogens with one attached hydrogen (secondary N) is 1. The molecule has 2 heterocycles. The molecule has 0 spiro atoms. The fourth-order valence-electron chi connectivity index (χ4n) is 3.77. The third-order valence-corrected chi connectivity index (χ3v) is 5.50. The second kappa shape index (κ2) is 12.3. The summed E-state index contributed by atoms with van der Waals surface area (Å²) in [6.07, 6.45) is 6.34. The van der Waals surface area contributed by atoms with Crippen molar-refractivity contribution in [2.24, 2.45) is 5.92 Å². The molecule has 0 aromatic carbocycles. The highest BCUT2D eigenvalue weighted by Gasteiger charge is 2.27. The molecular formula is C23H36N4O3. The molecule has 0 radical (unpaired) electrons. The van der Waals surface area contributed by atoms with Gasteiger partial charge < -0.3 is 15.1 Å². The normalized spacial score (nSPS) is 14.4. The number of aromatic nitrogens is 1. The number of piperidine rings is 1. The van der Waals surface area contributed by atoms with Crippen LogP contribution in [-0.2, 0) is 14.4 Å². The van der Waals surface area contributed by atoms with E-state index in [4.69, 9.17) is 0 Å². The Morgan fingerprint density at radius 3 is 2.33 bits per heavy atom. The van der Waals surface area contributed by atoms with Crippen molar-refractivity contribution in [2.75, 3.05) is 31.5 Å². The van der Waals surface area contributed by atoms with Crippen molar-refractivity contribution in [3.8, 4) is 0 Å². The van der Waals surface area contributed by atoms with Gasteiger partial charge in [0.05, 0.1) is 0 Å². The molecule has 1 fully saturated rings. The lowest BCUT2D eigenvalue weighted by atomic mass is 9.95. The van der Waals surface area contributed by atoms with Gasteiger partial charge in [-0.2, -0.15) is 0 Å². The highest BCUT2D eigenvalue weighted by molar-refractivity contribution is 5.91. The molecule has 1 aliphatic rings. The van der Waals surface area contributed by atoms with Gasteiger partial charge >= 0.3 is 0 Å². The SMILES string of the molecule is CCCN(CCC)C(=O)CCCC(=O)N1CCC(C(=O)Nc2ccc(C)cn2)CC1. The number of pyridine rings is 1. The van der Waals surface area contributed by atoms with Crippen molar-refractivity contribution in [2.45, 2.75) is 65.7 Å². The maximum atomic E-state index is 12.5. The molecule has 1 aliphatic heterocycles. The van der Waals surface area contributed by atoms with Crippen molar-refractivity contribution in [1.29, 1.82) is 0 Å². The molecule has 1 saturated heterocycles. The largest absolute Gasteiger partial charge is 0.343 e. The number of carbonyl (C=O) groups is 3. The van der Waals surface area contributed by atoms with Gasteiger partial charge in [-0.3, -0.25) is 14.4 Å². The molecule has 0 unspecified atom stereocenters. The van der Waals surface area contributed by atoms with E-state index >= 15 is 0 Å². The molecule has 1 aromatic rings. The lowest BCUT2D eigenvalue weighted by Gasteiger charge is -2.31. The number of carbonyl (C=O) groups excluding carboxylic acids is 3. The van der Waals surface area contributed by atoms with Crippen molar-refractivity contribution < 1.29 is 14.4 Å². The van der Waals surface area contributed by atoms with Gasteiger partial charge in [0.2, 0.25) is 17.7 Å². The van der Waals surface area contributed by atoms with Crippen LogP contribution in [-0.4, -0.2) is 58.7 Å². The van der Waals surface area contributed by atoms with Gasteiger partial charge in [-0.05, 0) is 50.7 Å². The van der Waals surface area contributed by atoms with E-state index in [0.717, 1.165) is 31.5 Å². The molecule has 166 valence electrons. The Kier molecular flexibility index (Phi) is 9.77. The second-order valence-corrected chi connectivity index (χ2v) is 8.10. The lowest BCUT2D eigenvalue weighted by Crippen LogP contribution is -2.41. The zero-order chi connectivity index (χ0) is 21.9. The van der Waals surface area contributed by atoms with E-state index in [1.54, 1.807) is 12.3 Å². The Morgan fingerprint density at radius 2 is 1.77 bits per heavy atom. The summed E-state index contributed by atoms with van der Waals surface area (Å²) in [5.41, 5.74) is 1.05. The third kappa shape index (κ3) is 7.43. The van der Waals surface area contributed by atoms with Crippen molar-refractivity contribution in [3.05, 3.63) is 23.9 Å². The molecular weight excluding hydrogens is 380 g/mol. The van der Waals surface area contributed by atoms with Crippen LogP contribution in [0, 0.1) is 12.8 Å². The van der Waals surface area contributed by atoms with E-state index in [1.807, 2.05) is 22.8 Å². The molecule has 30 heavy (non-hydrogen) atoms. The van der Waals surface area contributed by atoms with E-state index < -0.39 is 0 Å². The maximum absolute atomic E-state index is 12.5. The number of hydrogen-bond acceptors (Lipinski definition) is 4. The van der Waals surface area contributed by atoms with Crippen LogP contribution in [0.3, 0.4) is 0 Å². The molecule has 0 aliphatic carbocycles. The van der Waals surface area contributed by atoms with Crippen molar-refractivity contribution >= 4 is 23.5 Å². The number of nitrogens with zero attached hydrogens (tertiary/aromatic N) is 3. The van der Waals surface area contributed by atoms with Gasteiger partial charge in [0.15, 0.2) is 0 Å². The van der Waals surface area contributed by atoms with Crippen LogP contribution in [0.1, 0.15) is 64.4 Å². The fourth-order valence-corrected chi connectivity index (χ4v) is 3.77. The molecule has 7 nitrogen and oxygen atoms in total. The van der Waals surface area contributed by atoms with Gasteiger partial charge in [0.25, 0.3) is 0 Å². The van der Waals surface area contributed by atoms with Crippen LogP contribution in [0.4, 0.5) is 5.82 Å². The van der Waals surface area contributed by atoms with Crippen LogP contribution in [0.2, 0.25) is 0 Å².